The Morgan fingerprint density at radius 3 is 2.45 bits per heavy atom. The van der Waals surface area contributed by atoms with E-state index in [9.17, 15) is 22.8 Å². The molecule has 1 saturated heterocycles. The summed E-state index contributed by atoms with van der Waals surface area (Å²) < 4.78 is 46.2. The first-order valence-corrected chi connectivity index (χ1v) is 10.3. The summed E-state index contributed by atoms with van der Waals surface area (Å²) in [6.07, 6.45) is -5.52. The minimum atomic E-state index is -4.64. The van der Waals surface area contributed by atoms with E-state index in [2.05, 4.69) is 5.10 Å². The van der Waals surface area contributed by atoms with Crippen LogP contribution in [0, 0.1) is 0 Å². The highest BCUT2D eigenvalue weighted by Crippen LogP contribution is 2.34. The number of hydrogen-bond donors (Lipinski definition) is 1. The van der Waals surface area contributed by atoms with Crippen LogP contribution in [-0.4, -0.2) is 45.9 Å². The number of amides is 2. The molecule has 1 aromatic heterocycles. The third-order valence-electron chi connectivity index (χ3n) is 5.22. The molecule has 33 heavy (non-hydrogen) atoms. The number of likely N-dealkylation sites (tertiary alicyclic amines) is 1. The third-order valence-corrected chi connectivity index (χ3v) is 5.54. The summed E-state index contributed by atoms with van der Waals surface area (Å²) in [7, 11) is 0. The number of nitrogens with two attached hydrogens (primary N) is 1. The molecule has 1 fully saturated rings. The van der Waals surface area contributed by atoms with Crippen LogP contribution in [0.5, 0.6) is 0 Å². The van der Waals surface area contributed by atoms with E-state index in [4.69, 9.17) is 22.1 Å². The molecule has 7 nitrogen and oxygen atoms in total. The van der Waals surface area contributed by atoms with Gasteiger partial charge in [0.05, 0.1) is 22.9 Å². The van der Waals surface area contributed by atoms with Crippen molar-refractivity contribution in [1.82, 2.24) is 14.7 Å². The molecule has 11 heteroatoms. The molecule has 4 rings (SSSR count). The maximum absolute atomic E-state index is 13.4. The molecule has 0 spiro atoms. The van der Waals surface area contributed by atoms with E-state index in [1.54, 1.807) is 36.4 Å². The number of rotatable bonds is 4. The summed E-state index contributed by atoms with van der Waals surface area (Å²) in [5.74, 6) is -0.285. The molecule has 1 aliphatic rings. The number of halogens is 4. The Labute approximate surface area is 191 Å². The number of aromatic nitrogens is 2. The fourth-order valence-corrected chi connectivity index (χ4v) is 3.89. The standard InChI is InChI=1S/C22H18ClF3N4O3/c23-16-3-1-2-4-17(16)30-18(11-19(28-30)22(24,25)26)13-5-7-14(8-6-13)20(31)29-10-9-15(12-29)33-21(27)32/h1-8,11,15H,9-10,12H2,(H2,27,32). The number of hydrogen-bond acceptors (Lipinski definition) is 4. The first-order valence-electron chi connectivity index (χ1n) is 9.91. The molecule has 0 aliphatic carbocycles. The lowest BCUT2D eigenvalue weighted by atomic mass is 10.1. The molecule has 2 heterocycles. The molecule has 2 aromatic carbocycles. The number of carbonyl (C=O) groups excluding carboxylic acids is 2. The van der Waals surface area contributed by atoms with Crippen LogP contribution in [0.15, 0.2) is 54.6 Å². The zero-order chi connectivity index (χ0) is 23.8. The minimum Gasteiger partial charge on any atom is -0.444 e. The van der Waals surface area contributed by atoms with Crippen molar-refractivity contribution < 1.29 is 27.5 Å². The van der Waals surface area contributed by atoms with Gasteiger partial charge in [-0.2, -0.15) is 18.3 Å². The van der Waals surface area contributed by atoms with Gasteiger partial charge in [-0.1, -0.05) is 35.9 Å². The lowest BCUT2D eigenvalue weighted by Gasteiger charge is -2.16. The predicted octanol–water partition coefficient (Wildman–Crippen LogP) is 4.52. The lowest BCUT2D eigenvalue weighted by Crippen LogP contribution is -2.31. The van der Waals surface area contributed by atoms with Crippen LogP contribution in [0.3, 0.4) is 0 Å². The van der Waals surface area contributed by atoms with Gasteiger partial charge in [0, 0.05) is 24.1 Å². The van der Waals surface area contributed by atoms with Crippen LogP contribution in [0.25, 0.3) is 16.9 Å². The number of para-hydroxylation sites is 1. The van der Waals surface area contributed by atoms with Crippen LogP contribution in [0.2, 0.25) is 5.02 Å². The van der Waals surface area contributed by atoms with Crippen LogP contribution in [0.1, 0.15) is 22.5 Å². The van der Waals surface area contributed by atoms with Gasteiger partial charge in [-0.25, -0.2) is 9.48 Å². The van der Waals surface area contributed by atoms with Gasteiger partial charge in [0.15, 0.2) is 5.69 Å². The highest BCUT2D eigenvalue weighted by Gasteiger charge is 2.35. The second-order valence-corrected chi connectivity index (χ2v) is 7.86. The average Bonchev–Trinajstić information content (AvgIpc) is 3.41. The van der Waals surface area contributed by atoms with Crippen LogP contribution >= 0.6 is 11.6 Å². The van der Waals surface area contributed by atoms with Crippen LogP contribution < -0.4 is 5.73 Å². The van der Waals surface area contributed by atoms with Gasteiger partial charge in [-0.15, -0.1) is 0 Å². The molecule has 172 valence electrons. The van der Waals surface area contributed by atoms with Crippen LogP contribution in [0.4, 0.5) is 18.0 Å². The van der Waals surface area contributed by atoms with Gasteiger partial charge >= 0.3 is 12.3 Å². The monoisotopic (exact) mass is 478 g/mol. The molecule has 1 atom stereocenters. The number of ether oxygens (including phenoxy) is 1. The summed E-state index contributed by atoms with van der Waals surface area (Å²) >= 11 is 6.19. The molecule has 1 aliphatic heterocycles. The Hall–Kier alpha value is -3.53. The van der Waals surface area contributed by atoms with E-state index in [-0.39, 0.29) is 23.2 Å². The van der Waals surface area contributed by atoms with E-state index in [0.717, 1.165) is 10.7 Å². The maximum Gasteiger partial charge on any atom is 0.435 e. The summed E-state index contributed by atoms with van der Waals surface area (Å²) in [6, 6.07) is 13.5. The van der Waals surface area contributed by atoms with Gasteiger partial charge in [-0.3, -0.25) is 4.79 Å². The Kier molecular flexibility index (Phi) is 6.03. The fraction of sp³-hybridized carbons (Fsp3) is 0.227. The Bertz CT molecular complexity index is 1190. The molecule has 3 aromatic rings. The van der Waals surface area contributed by atoms with Gasteiger partial charge < -0.3 is 15.4 Å². The zero-order valence-corrected chi connectivity index (χ0v) is 17.8. The highest BCUT2D eigenvalue weighted by atomic mass is 35.5. The first-order chi connectivity index (χ1) is 15.6. The van der Waals surface area contributed by atoms with Crippen molar-refractivity contribution in [1.29, 1.82) is 0 Å². The fourth-order valence-electron chi connectivity index (χ4n) is 3.67. The largest absolute Gasteiger partial charge is 0.444 e. The molecule has 0 bridgehead atoms. The van der Waals surface area contributed by atoms with E-state index in [0.29, 0.717) is 29.8 Å². The molecule has 0 saturated carbocycles. The van der Waals surface area contributed by atoms with Crippen molar-refractivity contribution in [3.05, 3.63) is 70.9 Å². The predicted molar refractivity (Wildman–Crippen MR) is 114 cm³/mol. The highest BCUT2D eigenvalue weighted by molar-refractivity contribution is 6.32. The second-order valence-electron chi connectivity index (χ2n) is 7.45. The number of nitrogens with zero attached hydrogens (tertiary/aromatic N) is 3. The molecule has 1 unspecified atom stereocenters. The van der Waals surface area contributed by atoms with Gasteiger partial charge in [0.2, 0.25) is 0 Å². The smallest absolute Gasteiger partial charge is 0.435 e. The van der Waals surface area contributed by atoms with Crippen molar-refractivity contribution in [3.63, 3.8) is 0 Å². The molecule has 2 amide bonds. The van der Waals surface area contributed by atoms with Crippen molar-refractivity contribution in [2.24, 2.45) is 5.73 Å². The normalized spacial score (nSPS) is 16.1. The second kappa shape index (κ2) is 8.78. The summed E-state index contributed by atoms with van der Waals surface area (Å²) in [5.41, 5.74) is 5.19. The maximum atomic E-state index is 13.4. The van der Waals surface area contributed by atoms with Crippen LogP contribution in [-0.2, 0) is 10.9 Å². The molecule has 0 radical (unpaired) electrons. The first kappa shape index (κ1) is 22.7. The van der Waals surface area contributed by atoms with E-state index < -0.39 is 24.1 Å². The van der Waals surface area contributed by atoms with Crippen molar-refractivity contribution in [2.75, 3.05) is 13.1 Å². The van der Waals surface area contributed by atoms with E-state index in [1.807, 2.05) is 0 Å². The average molecular weight is 479 g/mol. The SMILES string of the molecule is NC(=O)OC1CCN(C(=O)c2ccc(-c3cc(C(F)(F)F)nn3-c3ccccc3Cl)cc2)C1. The summed E-state index contributed by atoms with van der Waals surface area (Å²) in [4.78, 5) is 25.2. The third kappa shape index (κ3) is 4.80. The Balaban J connectivity index is 1.63. The zero-order valence-electron chi connectivity index (χ0n) is 17.1. The van der Waals surface area contributed by atoms with Crippen molar-refractivity contribution in [3.8, 4) is 16.9 Å². The summed E-state index contributed by atoms with van der Waals surface area (Å²) in [6.45, 7) is 0.616. The number of alkyl halides is 3. The molecular formula is C22H18ClF3N4O3. The Morgan fingerprint density at radius 2 is 1.82 bits per heavy atom. The van der Waals surface area contributed by atoms with E-state index in [1.165, 1.54) is 17.0 Å². The van der Waals surface area contributed by atoms with Gasteiger partial charge in [-0.05, 0) is 30.3 Å². The quantitative estimate of drug-likeness (QED) is 0.597. The van der Waals surface area contributed by atoms with Gasteiger partial charge in [0.25, 0.3) is 5.91 Å². The van der Waals surface area contributed by atoms with Gasteiger partial charge in [0.1, 0.15) is 6.10 Å². The number of carbonyl (C=O) groups is 2. The number of benzene rings is 2. The minimum absolute atomic E-state index is 0.172. The molecule has 2 N–H and O–H groups in total. The lowest BCUT2D eigenvalue weighted by molar-refractivity contribution is -0.141. The topological polar surface area (TPSA) is 90.5 Å². The summed E-state index contributed by atoms with van der Waals surface area (Å²) in [5, 5.41) is 3.96. The van der Waals surface area contributed by atoms with Crippen molar-refractivity contribution >= 4 is 23.6 Å². The number of primary amides is 1. The van der Waals surface area contributed by atoms with E-state index >= 15 is 0 Å². The molecular weight excluding hydrogens is 461 g/mol. The van der Waals surface area contributed by atoms with Crippen molar-refractivity contribution in [2.45, 2.75) is 18.7 Å². The Morgan fingerprint density at radius 1 is 1.12 bits per heavy atom.